The Morgan fingerprint density at radius 3 is 2.58 bits per heavy atom. The number of hydrogen-bond donors (Lipinski definition) is 0. The molecule has 0 bridgehead atoms. The molecule has 3 aromatic rings. The zero-order valence-corrected chi connectivity index (χ0v) is 14.7. The molecule has 0 spiro atoms. The maximum atomic E-state index is 12.4. The molecule has 0 saturated heterocycles. The predicted molar refractivity (Wildman–Crippen MR) is 92.8 cm³/mol. The van der Waals surface area contributed by atoms with E-state index in [1.807, 2.05) is 31.2 Å². The van der Waals surface area contributed by atoms with Crippen LogP contribution in [0.3, 0.4) is 0 Å². The van der Waals surface area contributed by atoms with Crippen LogP contribution in [-0.2, 0) is 16.1 Å². The minimum absolute atomic E-state index is 0.00213. The summed E-state index contributed by atoms with van der Waals surface area (Å²) < 4.78 is 15.3. The number of carbonyl (C=O) groups is 2. The van der Waals surface area contributed by atoms with Crippen LogP contribution < -0.4 is 0 Å². The number of carbonyl (C=O) groups excluding carboxylic acids is 2. The third-order valence-electron chi connectivity index (χ3n) is 3.88. The number of pyridine rings is 1. The number of benzene rings is 1. The number of fused-ring (bicyclic) bond motifs is 1. The zero-order chi connectivity index (χ0) is 18.7. The maximum absolute atomic E-state index is 12.4. The lowest BCUT2D eigenvalue weighted by molar-refractivity contribution is 0.0405. The molecule has 0 atom stereocenters. The van der Waals surface area contributed by atoms with Crippen LogP contribution in [0.2, 0.25) is 0 Å². The molecule has 0 unspecified atom stereocenters. The van der Waals surface area contributed by atoms with Crippen molar-refractivity contribution in [3.05, 3.63) is 58.6 Å². The van der Waals surface area contributed by atoms with Crippen molar-refractivity contribution in [2.24, 2.45) is 0 Å². The van der Waals surface area contributed by atoms with Crippen molar-refractivity contribution >= 4 is 22.8 Å². The van der Waals surface area contributed by atoms with Gasteiger partial charge in [-0.1, -0.05) is 23.4 Å². The lowest BCUT2D eigenvalue weighted by atomic mass is 10.0. The Bertz CT molecular complexity index is 977. The number of nitrogens with zero attached hydrogens (tertiary/aromatic N) is 2. The van der Waals surface area contributed by atoms with Gasteiger partial charge in [0.15, 0.2) is 0 Å². The fraction of sp³-hybridized carbons (Fsp3) is 0.263. The molecule has 0 fully saturated rings. The van der Waals surface area contributed by atoms with Gasteiger partial charge in [-0.3, -0.25) is 0 Å². The Hall–Kier alpha value is -3.22. The normalized spacial score (nSPS) is 10.7. The second-order valence-corrected chi connectivity index (χ2v) is 5.70. The van der Waals surface area contributed by atoms with Crippen molar-refractivity contribution in [1.82, 2.24) is 10.1 Å². The smallest absolute Gasteiger partial charge is 0.377 e. The van der Waals surface area contributed by atoms with Crippen LogP contribution in [0.15, 0.2) is 34.9 Å². The quantitative estimate of drug-likeness (QED) is 0.649. The summed E-state index contributed by atoms with van der Waals surface area (Å²) in [6, 6.07) is 8.92. The average Bonchev–Trinajstić information content (AvgIpc) is 3.06. The lowest BCUT2D eigenvalue weighted by Crippen LogP contribution is -2.15. The van der Waals surface area contributed by atoms with Crippen molar-refractivity contribution < 1.29 is 23.6 Å². The molecule has 0 radical (unpaired) electrons. The highest BCUT2D eigenvalue weighted by atomic mass is 16.6. The summed E-state index contributed by atoms with van der Waals surface area (Å²) in [5.41, 5.74) is 2.66. The number of esters is 2. The molecule has 2 heterocycles. The summed E-state index contributed by atoms with van der Waals surface area (Å²) in [6.07, 6.45) is 0. The third-order valence-corrected chi connectivity index (χ3v) is 3.88. The van der Waals surface area contributed by atoms with Crippen molar-refractivity contribution in [1.29, 1.82) is 0 Å². The first kappa shape index (κ1) is 17.6. The van der Waals surface area contributed by atoms with Crippen LogP contribution in [0.5, 0.6) is 0 Å². The van der Waals surface area contributed by atoms with Gasteiger partial charge in [-0.25, -0.2) is 14.6 Å². The van der Waals surface area contributed by atoms with E-state index in [4.69, 9.17) is 14.0 Å². The van der Waals surface area contributed by atoms with Crippen molar-refractivity contribution in [2.75, 3.05) is 6.61 Å². The van der Waals surface area contributed by atoms with E-state index in [-0.39, 0.29) is 19.0 Å². The molecule has 26 heavy (non-hydrogen) atoms. The zero-order valence-electron chi connectivity index (χ0n) is 14.7. The molecule has 7 nitrogen and oxygen atoms in total. The minimum atomic E-state index is -0.673. The van der Waals surface area contributed by atoms with Gasteiger partial charge in [0.05, 0.1) is 29.1 Å². The maximum Gasteiger partial charge on any atom is 0.377 e. The Labute approximate surface area is 149 Å². The van der Waals surface area contributed by atoms with E-state index < -0.39 is 11.9 Å². The molecule has 134 valence electrons. The fourth-order valence-corrected chi connectivity index (χ4v) is 2.68. The molecular weight excluding hydrogens is 336 g/mol. The van der Waals surface area contributed by atoms with Crippen molar-refractivity contribution in [3.8, 4) is 0 Å². The number of aryl methyl sites for hydroxylation is 2. The first-order chi connectivity index (χ1) is 12.5. The van der Waals surface area contributed by atoms with Gasteiger partial charge in [0.1, 0.15) is 6.61 Å². The third kappa shape index (κ3) is 3.42. The number of rotatable bonds is 5. The second-order valence-electron chi connectivity index (χ2n) is 5.70. The molecule has 3 rings (SSSR count). The van der Waals surface area contributed by atoms with Crippen LogP contribution in [-0.4, -0.2) is 28.7 Å². The highest BCUT2D eigenvalue weighted by molar-refractivity contribution is 5.98. The Morgan fingerprint density at radius 2 is 1.88 bits per heavy atom. The molecule has 0 amide bonds. The Kier molecular flexibility index (Phi) is 4.97. The highest BCUT2D eigenvalue weighted by Gasteiger charge is 2.22. The minimum Gasteiger partial charge on any atom is -0.462 e. The van der Waals surface area contributed by atoms with Gasteiger partial charge in [-0.2, -0.15) is 0 Å². The molecule has 0 N–H and O–H groups in total. The number of aromatic nitrogens is 2. The lowest BCUT2D eigenvalue weighted by Gasteiger charge is -2.13. The monoisotopic (exact) mass is 354 g/mol. The largest absolute Gasteiger partial charge is 0.462 e. The van der Waals surface area contributed by atoms with E-state index >= 15 is 0 Å². The van der Waals surface area contributed by atoms with Gasteiger partial charge in [0, 0.05) is 11.5 Å². The summed E-state index contributed by atoms with van der Waals surface area (Å²) in [5.74, 6) is -1.17. The van der Waals surface area contributed by atoms with E-state index in [0.29, 0.717) is 22.5 Å². The second kappa shape index (κ2) is 7.35. The van der Waals surface area contributed by atoms with E-state index in [0.717, 1.165) is 10.9 Å². The first-order valence-electron chi connectivity index (χ1n) is 8.17. The molecule has 0 aliphatic rings. The Balaban J connectivity index is 1.96. The number of para-hydroxylation sites is 1. The molecule has 0 aliphatic carbocycles. The summed E-state index contributed by atoms with van der Waals surface area (Å²) in [4.78, 5) is 29.0. The van der Waals surface area contributed by atoms with Crippen molar-refractivity contribution in [3.63, 3.8) is 0 Å². The van der Waals surface area contributed by atoms with Gasteiger partial charge in [0.25, 0.3) is 0 Å². The summed E-state index contributed by atoms with van der Waals surface area (Å²) >= 11 is 0. The highest BCUT2D eigenvalue weighted by Crippen LogP contribution is 2.24. The molecule has 0 saturated carbocycles. The SMILES string of the molecule is CCOC(=O)c1c(COC(=O)c2cc(C)no2)nc2ccccc2c1C. The summed E-state index contributed by atoms with van der Waals surface area (Å²) in [7, 11) is 0. The fourth-order valence-electron chi connectivity index (χ4n) is 2.68. The predicted octanol–water partition coefficient (Wildman–Crippen LogP) is 3.37. The van der Waals surface area contributed by atoms with Gasteiger partial charge in [-0.05, 0) is 32.4 Å². The van der Waals surface area contributed by atoms with Crippen LogP contribution in [0.4, 0.5) is 0 Å². The van der Waals surface area contributed by atoms with Crippen molar-refractivity contribution in [2.45, 2.75) is 27.4 Å². The van der Waals surface area contributed by atoms with E-state index in [9.17, 15) is 9.59 Å². The van der Waals surface area contributed by atoms with Crippen LogP contribution in [0, 0.1) is 13.8 Å². The molecule has 7 heteroatoms. The standard InChI is InChI=1S/C19H18N2O5/c1-4-24-19(23)17-12(3)13-7-5-6-8-14(13)20-15(17)10-25-18(22)16-9-11(2)21-26-16/h5-9H,4,10H2,1-3H3. The number of hydrogen-bond acceptors (Lipinski definition) is 7. The average molecular weight is 354 g/mol. The Morgan fingerprint density at radius 1 is 1.12 bits per heavy atom. The van der Waals surface area contributed by atoms with Gasteiger partial charge in [0.2, 0.25) is 5.76 Å². The molecule has 1 aromatic carbocycles. The van der Waals surface area contributed by atoms with Crippen LogP contribution in [0.1, 0.15) is 44.8 Å². The van der Waals surface area contributed by atoms with E-state index in [1.165, 1.54) is 6.07 Å². The molecule has 0 aliphatic heterocycles. The van der Waals surface area contributed by atoms with Gasteiger partial charge >= 0.3 is 11.9 Å². The first-order valence-corrected chi connectivity index (χ1v) is 8.17. The van der Waals surface area contributed by atoms with Gasteiger partial charge < -0.3 is 14.0 Å². The van der Waals surface area contributed by atoms with E-state index in [2.05, 4.69) is 10.1 Å². The number of ether oxygens (including phenoxy) is 2. The molecular formula is C19H18N2O5. The van der Waals surface area contributed by atoms with Gasteiger partial charge in [-0.15, -0.1) is 0 Å². The summed E-state index contributed by atoms with van der Waals surface area (Å²) in [5, 5.41) is 4.50. The van der Waals surface area contributed by atoms with Crippen LogP contribution in [0.25, 0.3) is 10.9 Å². The molecule has 2 aromatic heterocycles. The topological polar surface area (TPSA) is 91.5 Å². The summed E-state index contributed by atoms with van der Waals surface area (Å²) in [6.45, 7) is 5.31. The van der Waals surface area contributed by atoms with E-state index in [1.54, 1.807) is 13.8 Å². The van der Waals surface area contributed by atoms with Crippen LogP contribution >= 0.6 is 0 Å².